The van der Waals surface area contributed by atoms with Gasteiger partial charge in [0.15, 0.2) is 0 Å². The summed E-state index contributed by atoms with van der Waals surface area (Å²) >= 11 is 0. The molecule has 0 bridgehead atoms. The smallest absolute Gasteiger partial charge is 0.348 e. The van der Waals surface area contributed by atoms with E-state index in [2.05, 4.69) is 0 Å². The summed E-state index contributed by atoms with van der Waals surface area (Å²) in [5.74, 6) is -1.53. The van der Waals surface area contributed by atoms with Gasteiger partial charge in [-0.2, -0.15) is 0 Å². The molecule has 24 heavy (non-hydrogen) atoms. The summed E-state index contributed by atoms with van der Waals surface area (Å²) < 4.78 is 16.0. The Balaban J connectivity index is 1.93. The average Bonchev–Trinajstić information content (AvgIpc) is 2.52. The summed E-state index contributed by atoms with van der Waals surface area (Å²) in [7, 11) is 0. The van der Waals surface area contributed by atoms with Gasteiger partial charge in [-0.25, -0.2) is 9.59 Å². The molecule has 0 aliphatic carbocycles. The number of esters is 2. The zero-order valence-electron chi connectivity index (χ0n) is 13.3. The maximum Gasteiger partial charge on any atom is 0.348 e. The lowest BCUT2D eigenvalue weighted by Crippen LogP contribution is -2.41. The first-order valence-corrected chi connectivity index (χ1v) is 7.45. The molecule has 3 rings (SSSR count). The van der Waals surface area contributed by atoms with Crippen LogP contribution >= 0.6 is 0 Å². The molecule has 0 radical (unpaired) electrons. The minimum atomic E-state index is -1.26. The highest BCUT2D eigenvalue weighted by molar-refractivity contribution is 6.19. The van der Waals surface area contributed by atoms with E-state index in [1.165, 1.54) is 19.9 Å². The van der Waals surface area contributed by atoms with E-state index in [1.807, 2.05) is 30.3 Å². The number of ether oxygens (including phenoxy) is 3. The Bertz CT molecular complexity index is 784. The maximum absolute atomic E-state index is 12.1. The fraction of sp³-hybridized carbons (Fsp3) is 0.158. The third-order valence-electron chi connectivity index (χ3n) is 3.31. The number of carbonyl (C=O) groups is 2. The lowest BCUT2D eigenvalue weighted by molar-refractivity contribution is -0.222. The van der Waals surface area contributed by atoms with Crippen molar-refractivity contribution in [2.75, 3.05) is 0 Å². The molecule has 0 atom stereocenters. The van der Waals surface area contributed by atoms with Gasteiger partial charge in [0, 0.05) is 19.4 Å². The minimum absolute atomic E-state index is 0.168. The lowest BCUT2D eigenvalue weighted by atomic mass is 10.1. The number of hydrogen-bond acceptors (Lipinski definition) is 5. The standard InChI is InChI=1S/C19H16O5/c1-19(2)23-17(20)15(18(21)24-19)12-13-8-6-7-11-16(13)22-14-9-4-3-5-10-14/h3-12H,1-2H3. The molecule has 1 aliphatic heterocycles. The SMILES string of the molecule is CC1(C)OC(=O)C(=Cc2ccccc2Oc2ccccc2)C(=O)O1. The van der Waals surface area contributed by atoms with Gasteiger partial charge in [-0.15, -0.1) is 0 Å². The van der Waals surface area contributed by atoms with Crippen LogP contribution in [0.3, 0.4) is 0 Å². The minimum Gasteiger partial charge on any atom is -0.457 e. The Morgan fingerprint density at radius 3 is 2.12 bits per heavy atom. The van der Waals surface area contributed by atoms with Gasteiger partial charge >= 0.3 is 11.9 Å². The molecule has 0 spiro atoms. The zero-order chi connectivity index (χ0) is 17.2. The molecule has 1 fully saturated rings. The first kappa shape index (κ1) is 15.8. The Kier molecular flexibility index (Phi) is 4.08. The molecular formula is C19H16O5. The van der Waals surface area contributed by atoms with E-state index >= 15 is 0 Å². The number of rotatable bonds is 3. The van der Waals surface area contributed by atoms with Crippen LogP contribution in [0.4, 0.5) is 0 Å². The topological polar surface area (TPSA) is 61.8 Å². The number of hydrogen-bond donors (Lipinski definition) is 0. The van der Waals surface area contributed by atoms with Crippen molar-refractivity contribution in [1.29, 1.82) is 0 Å². The van der Waals surface area contributed by atoms with Crippen LogP contribution < -0.4 is 4.74 Å². The van der Waals surface area contributed by atoms with Crippen LogP contribution in [0.2, 0.25) is 0 Å². The van der Waals surface area contributed by atoms with E-state index in [-0.39, 0.29) is 5.57 Å². The Labute approximate surface area is 139 Å². The predicted molar refractivity (Wildman–Crippen MR) is 87.2 cm³/mol. The molecule has 0 N–H and O–H groups in total. The van der Waals surface area contributed by atoms with E-state index in [1.54, 1.807) is 24.3 Å². The van der Waals surface area contributed by atoms with Gasteiger partial charge in [0.05, 0.1) is 0 Å². The van der Waals surface area contributed by atoms with Gasteiger partial charge in [0.1, 0.15) is 17.1 Å². The molecule has 2 aromatic rings. The first-order chi connectivity index (χ1) is 11.4. The van der Waals surface area contributed by atoms with Crippen LogP contribution in [0.1, 0.15) is 19.4 Å². The highest BCUT2D eigenvalue weighted by Gasteiger charge is 2.38. The van der Waals surface area contributed by atoms with Crippen molar-refractivity contribution in [2.24, 2.45) is 0 Å². The number of cyclic esters (lactones) is 2. The van der Waals surface area contributed by atoms with Gasteiger partial charge in [0.2, 0.25) is 0 Å². The summed E-state index contributed by atoms with van der Waals surface area (Å²) in [6.45, 7) is 3.01. The molecule has 0 saturated carbocycles. The van der Waals surface area contributed by atoms with Gasteiger partial charge in [0.25, 0.3) is 5.79 Å². The third-order valence-corrected chi connectivity index (χ3v) is 3.31. The van der Waals surface area contributed by atoms with Gasteiger partial charge < -0.3 is 14.2 Å². The van der Waals surface area contributed by atoms with Gasteiger partial charge in [-0.3, -0.25) is 0 Å². The maximum atomic E-state index is 12.1. The molecule has 1 saturated heterocycles. The highest BCUT2D eigenvalue weighted by Crippen LogP contribution is 2.29. The third kappa shape index (κ3) is 3.46. The average molecular weight is 324 g/mol. The molecule has 1 heterocycles. The Morgan fingerprint density at radius 1 is 0.875 bits per heavy atom. The lowest BCUT2D eigenvalue weighted by Gasteiger charge is -2.29. The van der Waals surface area contributed by atoms with E-state index in [0.29, 0.717) is 17.1 Å². The summed E-state index contributed by atoms with van der Waals surface area (Å²) in [6, 6.07) is 16.3. The van der Waals surface area contributed by atoms with Crippen LogP contribution in [0, 0.1) is 0 Å². The summed E-state index contributed by atoms with van der Waals surface area (Å²) in [5.41, 5.74) is 0.406. The van der Waals surface area contributed by atoms with E-state index in [9.17, 15) is 9.59 Å². The molecule has 0 amide bonds. The van der Waals surface area contributed by atoms with Crippen LogP contribution in [-0.4, -0.2) is 17.7 Å². The summed E-state index contributed by atoms with van der Waals surface area (Å²) in [5, 5.41) is 0. The monoisotopic (exact) mass is 324 g/mol. The molecule has 1 aliphatic rings. The second kappa shape index (κ2) is 6.20. The predicted octanol–water partition coefficient (Wildman–Crippen LogP) is 3.70. The van der Waals surface area contributed by atoms with E-state index in [4.69, 9.17) is 14.2 Å². The molecule has 0 unspecified atom stereocenters. The summed E-state index contributed by atoms with van der Waals surface area (Å²) in [4.78, 5) is 24.1. The molecule has 122 valence electrons. The zero-order valence-corrected chi connectivity index (χ0v) is 13.3. The first-order valence-electron chi connectivity index (χ1n) is 7.45. The van der Waals surface area contributed by atoms with Crippen LogP contribution in [0.15, 0.2) is 60.2 Å². The fourth-order valence-electron chi connectivity index (χ4n) is 2.24. The highest BCUT2D eigenvalue weighted by atomic mass is 16.7. The normalized spacial score (nSPS) is 16.2. The van der Waals surface area contributed by atoms with E-state index < -0.39 is 17.7 Å². The van der Waals surface area contributed by atoms with Crippen LogP contribution in [0.25, 0.3) is 6.08 Å². The molecule has 5 heteroatoms. The number of carbonyl (C=O) groups excluding carboxylic acids is 2. The second-order valence-electron chi connectivity index (χ2n) is 5.69. The number of benzene rings is 2. The Morgan fingerprint density at radius 2 is 1.46 bits per heavy atom. The van der Waals surface area contributed by atoms with E-state index in [0.717, 1.165) is 0 Å². The fourth-order valence-corrected chi connectivity index (χ4v) is 2.24. The Hall–Kier alpha value is -3.08. The summed E-state index contributed by atoms with van der Waals surface area (Å²) in [6.07, 6.45) is 1.41. The largest absolute Gasteiger partial charge is 0.457 e. The van der Waals surface area contributed by atoms with Crippen molar-refractivity contribution in [2.45, 2.75) is 19.6 Å². The molecule has 0 aromatic heterocycles. The van der Waals surface area contributed by atoms with Gasteiger partial charge in [-0.05, 0) is 24.3 Å². The molecular weight excluding hydrogens is 308 g/mol. The quantitative estimate of drug-likeness (QED) is 0.489. The van der Waals surface area contributed by atoms with Crippen LogP contribution in [0.5, 0.6) is 11.5 Å². The molecule has 2 aromatic carbocycles. The van der Waals surface area contributed by atoms with Crippen molar-refractivity contribution in [3.63, 3.8) is 0 Å². The van der Waals surface area contributed by atoms with Crippen LogP contribution in [-0.2, 0) is 19.1 Å². The van der Waals surface area contributed by atoms with Crippen molar-refractivity contribution in [1.82, 2.24) is 0 Å². The van der Waals surface area contributed by atoms with Crippen molar-refractivity contribution >= 4 is 18.0 Å². The second-order valence-corrected chi connectivity index (χ2v) is 5.69. The number of para-hydroxylation sites is 2. The van der Waals surface area contributed by atoms with Crippen molar-refractivity contribution < 1.29 is 23.8 Å². The van der Waals surface area contributed by atoms with Crippen molar-refractivity contribution in [3.05, 3.63) is 65.7 Å². The van der Waals surface area contributed by atoms with Gasteiger partial charge in [-0.1, -0.05) is 36.4 Å². The molecule has 5 nitrogen and oxygen atoms in total. The van der Waals surface area contributed by atoms with Crippen molar-refractivity contribution in [3.8, 4) is 11.5 Å².